The zero-order valence-corrected chi connectivity index (χ0v) is 11.8. The highest BCUT2D eigenvalue weighted by molar-refractivity contribution is 9.10. The van der Waals surface area contributed by atoms with Crippen molar-refractivity contribution in [2.45, 2.75) is 33.3 Å². The van der Waals surface area contributed by atoms with Crippen LogP contribution >= 0.6 is 27.3 Å². The Hall–Kier alpha value is 0.1000. The van der Waals surface area contributed by atoms with Gasteiger partial charge in [0, 0.05) is 26.2 Å². The van der Waals surface area contributed by atoms with Crippen LogP contribution in [0.25, 0.3) is 0 Å². The predicted molar refractivity (Wildman–Crippen MR) is 69.2 cm³/mol. The molecule has 1 rings (SSSR count). The second-order valence-electron chi connectivity index (χ2n) is 4.17. The summed E-state index contributed by atoms with van der Waals surface area (Å²) in [6.07, 6.45) is 0.404. The van der Waals surface area contributed by atoms with Crippen molar-refractivity contribution in [3.63, 3.8) is 0 Å². The van der Waals surface area contributed by atoms with Crippen molar-refractivity contribution in [1.82, 2.24) is 0 Å². The molecule has 86 valence electrons. The molecule has 3 N–H and O–H groups in total. The zero-order chi connectivity index (χ0) is 11.6. The van der Waals surface area contributed by atoms with Gasteiger partial charge in [0.15, 0.2) is 0 Å². The fraction of sp³-hybridized carbons (Fsp3) is 0.636. The lowest BCUT2D eigenvalue weighted by Crippen LogP contribution is -2.32. The van der Waals surface area contributed by atoms with Gasteiger partial charge in [0.05, 0.1) is 6.10 Å². The fourth-order valence-electron chi connectivity index (χ4n) is 1.41. The van der Waals surface area contributed by atoms with Gasteiger partial charge in [-0.15, -0.1) is 11.3 Å². The van der Waals surface area contributed by atoms with Crippen molar-refractivity contribution in [3.8, 4) is 0 Å². The normalized spacial score (nSPS) is 17.5. The molecule has 0 amide bonds. The van der Waals surface area contributed by atoms with Crippen LogP contribution in [0.5, 0.6) is 0 Å². The van der Waals surface area contributed by atoms with Gasteiger partial charge >= 0.3 is 0 Å². The van der Waals surface area contributed by atoms with E-state index in [-0.39, 0.29) is 5.41 Å². The summed E-state index contributed by atoms with van der Waals surface area (Å²) in [5.74, 6) is 0. The maximum Gasteiger partial charge on any atom is 0.0947 e. The number of aliphatic hydroxyl groups excluding tert-OH is 1. The molecule has 0 saturated carbocycles. The minimum Gasteiger partial charge on any atom is -0.387 e. The minimum absolute atomic E-state index is 0.225. The Kier molecular flexibility index (Phi) is 4.35. The second kappa shape index (κ2) is 4.95. The Labute approximate surface area is 104 Å². The first kappa shape index (κ1) is 13.2. The van der Waals surface area contributed by atoms with Gasteiger partial charge in [-0.1, -0.05) is 13.8 Å². The number of hydrogen-bond acceptors (Lipinski definition) is 3. The van der Waals surface area contributed by atoms with E-state index < -0.39 is 6.10 Å². The summed E-state index contributed by atoms with van der Waals surface area (Å²) >= 11 is 5.09. The topological polar surface area (TPSA) is 46.2 Å². The number of halogens is 1. The van der Waals surface area contributed by atoms with Crippen molar-refractivity contribution >= 4 is 27.3 Å². The van der Waals surface area contributed by atoms with Crippen LogP contribution in [0.2, 0.25) is 0 Å². The van der Waals surface area contributed by atoms with Gasteiger partial charge in [-0.05, 0) is 35.3 Å². The minimum atomic E-state index is -0.470. The molecule has 4 heteroatoms. The third-order valence-electron chi connectivity index (χ3n) is 3.08. The van der Waals surface area contributed by atoms with E-state index in [0.717, 1.165) is 15.8 Å². The molecule has 0 saturated heterocycles. The van der Waals surface area contributed by atoms with Gasteiger partial charge in [0.2, 0.25) is 0 Å². The lowest BCUT2D eigenvalue weighted by Gasteiger charge is -2.31. The predicted octanol–water partition coefficient (Wildman–Crippen LogP) is 3.23. The van der Waals surface area contributed by atoms with Crippen LogP contribution < -0.4 is 5.73 Å². The molecule has 0 aliphatic carbocycles. The largest absolute Gasteiger partial charge is 0.387 e. The molecule has 15 heavy (non-hydrogen) atoms. The Morgan fingerprint density at radius 3 is 2.60 bits per heavy atom. The molecular formula is C11H18BrNOS. The van der Waals surface area contributed by atoms with E-state index >= 15 is 0 Å². The summed E-state index contributed by atoms with van der Waals surface area (Å²) in [4.78, 5) is 2.19. The van der Waals surface area contributed by atoms with E-state index in [2.05, 4.69) is 22.9 Å². The van der Waals surface area contributed by atoms with Crippen LogP contribution in [-0.4, -0.2) is 11.7 Å². The van der Waals surface area contributed by atoms with Crippen LogP contribution in [0.1, 0.15) is 36.1 Å². The third-order valence-corrected chi connectivity index (χ3v) is 5.27. The standard InChI is InChI=1S/C11H18BrNOS/c1-4-11(3,6-13)10(14)9-5-8(12)7(2)15-9/h5,10,14H,4,6,13H2,1-3H3. The van der Waals surface area contributed by atoms with Crippen LogP contribution in [0.15, 0.2) is 10.5 Å². The molecule has 2 atom stereocenters. The Morgan fingerprint density at radius 1 is 1.67 bits per heavy atom. The molecule has 0 aliphatic heterocycles. The molecule has 1 aromatic rings. The summed E-state index contributed by atoms with van der Waals surface area (Å²) < 4.78 is 1.07. The number of thiophene rings is 1. The maximum absolute atomic E-state index is 10.3. The molecule has 1 aromatic heterocycles. The number of aryl methyl sites for hydroxylation is 1. The SMILES string of the molecule is CCC(C)(CN)C(O)c1cc(Br)c(C)s1. The van der Waals surface area contributed by atoms with E-state index in [1.807, 2.05) is 19.9 Å². The van der Waals surface area contributed by atoms with Crippen LogP contribution in [0.3, 0.4) is 0 Å². The maximum atomic E-state index is 10.3. The van der Waals surface area contributed by atoms with Crippen LogP contribution in [0.4, 0.5) is 0 Å². The van der Waals surface area contributed by atoms with Gasteiger partial charge < -0.3 is 10.8 Å². The van der Waals surface area contributed by atoms with Crippen molar-refractivity contribution in [1.29, 1.82) is 0 Å². The number of nitrogens with two attached hydrogens (primary N) is 1. The highest BCUT2D eigenvalue weighted by atomic mass is 79.9. The number of hydrogen-bond donors (Lipinski definition) is 2. The van der Waals surface area contributed by atoms with Crippen molar-refractivity contribution in [2.75, 3.05) is 6.54 Å². The van der Waals surface area contributed by atoms with E-state index in [0.29, 0.717) is 6.54 Å². The van der Waals surface area contributed by atoms with E-state index in [1.165, 1.54) is 4.88 Å². The van der Waals surface area contributed by atoms with Crippen molar-refractivity contribution in [2.24, 2.45) is 11.1 Å². The van der Waals surface area contributed by atoms with Gasteiger partial charge in [-0.2, -0.15) is 0 Å². The zero-order valence-electron chi connectivity index (χ0n) is 9.38. The Balaban J connectivity index is 2.97. The Bertz CT molecular complexity index is 314. The third kappa shape index (κ3) is 2.61. The van der Waals surface area contributed by atoms with Gasteiger partial charge in [0.1, 0.15) is 0 Å². The molecule has 0 aliphatic rings. The van der Waals surface area contributed by atoms with Crippen molar-refractivity contribution in [3.05, 3.63) is 20.3 Å². The van der Waals surface area contributed by atoms with Gasteiger partial charge in [0.25, 0.3) is 0 Å². The van der Waals surface area contributed by atoms with Gasteiger partial charge in [-0.3, -0.25) is 0 Å². The second-order valence-corrected chi connectivity index (χ2v) is 6.31. The summed E-state index contributed by atoms with van der Waals surface area (Å²) in [5.41, 5.74) is 5.51. The monoisotopic (exact) mass is 291 g/mol. The summed E-state index contributed by atoms with van der Waals surface area (Å²) in [6, 6.07) is 1.99. The highest BCUT2D eigenvalue weighted by Crippen LogP contribution is 2.40. The summed E-state index contributed by atoms with van der Waals surface area (Å²) in [7, 11) is 0. The first-order valence-corrected chi connectivity index (χ1v) is 6.69. The molecule has 0 bridgehead atoms. The smallest absolute Gasteiger partial charge is 0.0947 e. The quantitative estimate of drug-likeness (QED) is 0.895. The lowest BCUT2D eigenvalue weighted by molar-refractivity contribution is 0.0420. The van der Waals surface area contributed by atoms with E-state index in [4.69, 9.17) is 5.73 Å². The summed E-state index contributed by atoms with van der Waals surface area (Å²) in [5, 5.41) is 10.3. The highest BCUT2D eigenvalue weighted by Gasteiger charge is 2.32. The first-order chi connectivity index (χ1) is 6.94. The average molecular weight is 292 g/mol. The van der Waals surface area contributed by atoms with Crippen LogP contribution in [0, 0.1) is 12.3 Å². The first-order valence-electron chi connectivity index (χ1n) is 5.08. The lowest BCUT2D eigenvalue weighted by atomic mass is 9.81. The number of aliphatic hydroxyl groups is 1. The molecule has 0 radical (unpaired) electrons. The number of rotatable bonds is 4. The molecular weight excluding hydrogens is 274 g/mol. The molecule has 2 nitrogen and oxygen atoms in total. The van der Waals surface area contributed by atoms with Gasteiger partial charge in [-0.25, -0.2) is 0 Å². The molecule has 1 heterocycles. The Morgan fingerprint density at radius 2 is 2.27 bits per heavy atom. The fourth-order valence-corrected chi connectivity index (χ4v) is 3.13. The molecule has 0 spiro atoms. The molecule has 2 unspecified atom stereocenters. The summed E-state index contributed by atoms with van der Waals surface area (Å²) in [6.45, 7) is 6.63. The van der Waals surface area contributed by atoms with E-state index in [1.54, 1.807) is 11.3 Å². The van der Waals surface area contributed by atoms with Crippen molar-refractivity contribution < 1.29 is 5.11 Å². The average Bonchev–Trinajstić information content (AvgIpc) is 2.57. The molecule has 0 fully saturated rings. The molecule has 0 aromatic carbocycles. The van der Waals surface area contributed by atoms with E-state index in [9.17, 15) is 5.11 Å². The van der Waals surface area contributed by atoms with Crippen LogP contribution in [-0.2, 0) is 0 Å².